The molecule has 2 aliphatic heterocycles. The van der Waals surface area contributed by atoms with Crippen LogP contribution in [0.3, 0.4) is 0 Å². The van der Waals surface area contributed by atoms with Gasteiger partial charge in [-0.3, -0.25) is 9.59 Å². The van der Waals surface area contributed by atoms with Crippen molar-refractivity contribution in [3.05, 3.63) is 59.3 Å². The number of aromatic nitrogens is 1. The number of nitrogens with one attached hydrogen (secondary N) is 1. The number of carbonyl (C=O) groups excluding carboxylic acids is 2. The van der Waals surface area contributed by atoms with Gasteiger partial charge in [-0.2, -0.15) is 0 Å². The predicted molar refractivity (Wildman–Crippen MR) is 125 cm³/mol. The average Bonchev–Trinajstić information content (AvgIpc) is 3.22. The Hall–Kier alpha value is -3.48. The number of para-hydroxylation sites is 1. The molecule has 2 aliphatic rings. The Labute approximate surface area is 193 Å². The van der Waals surface area contributed by atoms with E-state index in [0.717, 1.165) is 34.1 Å². The second kappa shape index (κ2) is 8.14. The first-order valence-electron chi connectivity index (χ1n) is 11.4. The van der Waals surface area contributed by atoms with E-state index in [1.54, 1.807) is 24.0 Å². The van der Waals surface area contributed by atoms with Crippen LogP contribution in [0.25, 0.3) is 10.9 Å². The van der Waals surface area contributed by atoms with Gasteiger partial charge in [0.05, 0.1) is 14.2 Å². The molecule has 0 aliphatic carbocycles. The Morgan fingerprint density at radius 3 is 2.64 bits per heavy atom. The summed E-state index contributed by atoms with van der Waals surface area (Å²) in [4.78, 5) is 34.3. The van der Waals surface area contributed by atoms with E-state index in [1.807, 2.05) is 50.2 Å². The maximum absolute atomic E-state index is 13.7. The molecule has 33 heavy (non-hydrogen) atoms. The van der Waals surface area contributed by atoms with E-state index in [9.17, 15) is 9.59 Å². The SMILES string of the molecule is CC[C@H](C)N1CC(=O)N2[C@@H](c3ccc(OC)cc3OC)c3[nH]c4ccccc4c3C[C@H]2C1=O. The van der Waals surface area contributed by atoms with Gasteiger partial charge in [-0.1, -0.05) is 25.1 Å². The number of methoxy groups -OCH3 is 2. The first-order valence-corrected chi connectivity index (χ1v) is 11.4. The van der Waals surface area contributed by atoms with E-state index in [0.29, 0.717) is 17.9 Å². The van der Waals surface area contributed by atoms with Gasteiger partial charge in [-0.05, 0) is 37.1 Å². The summed E-state index contributed by atoms with van der Waals surface area (Å²) >= 11 is 0. The summed E-state index contributed by atoms with van der Waals surface area (Å²) in [7, 11) is 3.22. The molecular weight excluding hydrogens is 418 g/mol. The second-order valence-corrected chi connectivity index (χ2v) is 8.82. The lowest BCUT2D eigenvalue weighted by Gasteiger charge is -2.48. The molecule has 2 aromatic carbocycles. The van der Waals surface area contributed by atoms with Crippen LogP contribution in [-0.4, -0.2) is 59.4 Å². The number of ether oxygens (including phenoxy) is 2. The Balaban J connectivity index is 1.72. The van der Waals surface area contributed by atoms with Crippen LogP contribution in [0.5, 0.6) is 11.5 Å². The number of amides is 2. The number of carbonyl (C=O) groups is 2. The fourth-order valence-electron chi connectivity index (χ4n) is 5.25. The molecule has 1 N–H and O–H groups in total. The van der Waals surface area contributed by atoms with E-state index in [4.69, 9.17) is 9.47 Å². The fraction of sp³-hybridized carbons (Fsp3) is 0.385. The highest BCUT2D eigenvalue weighted by Crippen LogP contribution is 2.45. The zero-order valence-corrected chi connectivity index (χ0v) is 19.4. The monoisotopic (exact) mass is 447 g/mol. The smallest absolute Gasteiger partial charge is 0.246 e. The normalized spacial score (nSPS) is 21.1. The molecule has 5 rings (SSSR count). The van der Waals surface area contributed by atoms with Crippen LogP contribution >= 0.6 is 0 Å². The Morgan fingerprint density at radius 2 is 1.91 bits per heavy atom. The highest BCUT2D eigenvalue weighted by atomic mass is 16.5. The van der Waals surface area contributed by atoms with Crippen molar-refractivity contribution in [2.45, 2.75) is 44.8 Å². The van der Waals surface area contributed by atoms with E-state index < -0.39 is 12.1 Å². The zero-order chi connectivity index (χ0) is 23.3. The van der Waals surface area contributed by atoms with Gasteiger partial charge in [0.2, 0.25) is 11.8 Å². The Morgan fingerprint density at radius 1 is 1.12 bits per heavy atom. The Bertz CT molecular complexity index is 1230. The van der Waals surface area contributed by atoms with Crippen LogP contribution in [0.4, 0.5) is 0 Å². The molecule has 1 saturated heterocycles. The predicted octanol–water partition coefficient (Wildman–Crippen LogP) is 3.67. The van der Waals surface area contributed by atoms with Gasteiger partial charge in [0.25, 0.3) is 0 Å². The number of piperazine rings is 1. The van der Waals surface area contributed by atoms with Crippen molar-refractivity contribution in [1.82, 2.24) is 14.8 Å². The number of aromatic amines is 1. The maximum atomic E-state index is 13.7. The minimum Gasteiger partial charge on any atom is -0.497 e. The maximum Gasteiger partial charge on any atom is 0.246 e. The third-order valence-electron chi connectivity index (χ3n) is 7.15. The molecule has 3 aromatic rings. The molecule has 0 radical (unpaired) electrons. The van der Waals surface area contributed by atoms with Gasteiger partial charge in [-0.25, -0.2) is 0 Å². The van der Waals surface area contributed by atoms with Crippen LogP contribution in [-0.2, 0) is 16.0 Å². The third kappa shape index (κ3) is 3.25. The molecule has 3 atom stereocenters. The lowest BCUT2D eigenvalue weighted by molar-refractivity contribution is -0.160. The second-order valence-electron chi connectivity index (χ2n) is 8.82. The van der Waals surface area contributed by atoms with Crippen molar-refractivity contribution >= 4 is 22.7 Å². The summed E-state index contributed by atoms with van der Waals surface area (Å²) < 4.78 is 11.1. The molecule has 1 aromatic heterocycles. The van der Waals surface area contributed by atoms with Gasteiger partial charge in [0.1, 0.15) is 30.1 Å². The van der Waals surface area contributed by atoms with Gasteiger partial charge in [0, 0.05) is 40.7 Å². The van der Waals surface area contributed by atoms with Gasteiger partial charge < -0.3 is 24.3 Å². The number of hydrogen-bond acceptors (Lipinski definition) is 4. The molecule has 0 bridgehead atoms. The summed E-state index contributed by atoms with van der Waals surface area (Å²) in [5.41, 5.74) is 3.85. The quantitative estimate of drug-likeness (QED) is 0.648. The minimum absolute atomic E-state index is 0.0114. The molecule has 2 amide bonds. The van der Waals surface area contributed by atoms with Crippen molar-refractivity contribution in [2.24, 2.45) is 0 Å². The topological polar surface area (TPSA) is 74.9 Å². The summed E-state index contributed by atoms with van der Waals surface area (Å²) in [6.07, 6.45) is 1.30. The molecule has 172 valence electrons. The average molecular weight is 448 g/mol. The van der Waals surface area contributed by atoms with E-state index in [2.05, 4.69) is 11.1 Å². The van der Waals surface area contributed by atoms with Crippen LogP contribution in [0.2, 0.25) is 0 Å². The summed E-state index contributed by atoms with van der Waals surface area (Å²) in [6, 6.07) is 12.7. The number of rotatable bonds is 5. The van der Waals surface area contributed by atoms with Crippen molar-refractivity contribution < 1.29 is 19.1 Å². The highest BCUT2D eigenvalue weighted by Gasteiger charge is 2.49. The highest BCUT2D eigenvalue weighted by molar-refractivity contribution is 5.98. The number of nitrogens with zero attached hydrogens (tertiary/aromatic N) is 2. The third-order valence-corrected chi connectivity index (χ3v) is 7.15. The summed E-state index contributed by atoms with van der Waals surface area (Å²) in [5, 5.41) is 1.09. The lowest BCUT2D eigenvalue weighted by atomic mass is 9.85. The molecule has 7 nitrogen and oxygen atoms in total. The zero-order valence-electron chi connectivity index (χ0n) is 19.4. The first-order chi connectivity index (χ1) is 16.0. The van der Waals surface area contributed by atoms with Crippen LogP contribution < -0.4 is 9.47 Å². The Kier molecular flexibility index (Phi) is 5.27. The van der Waals surface area contributed by atoms with Gasteiger partial charge in [0.15, 0.2) is 0 Å². The molecule has 0 saturated carbocycles. The van der Waals surface area contributed by atoms with Gasteiger partial charge >= 0.3 is 0 Å². The number of fused-ring (bicyclic) bond motifs is 4. The van der Waals surface area contributed by atoms with Crippen molar-refractivity contribution in [3.63, 3.8) is 0 Å². The number of benzene rings is 2. The summed E-state index contributed by atoms with van der Waals surface area (Å²) in [5.74, 6) is 1.25. The largest absolute Gasteiger partial charge is 0.497 e. The minimum atomic E-state index is -0.552. The number of H-pyrrole nitrogens is 1. The van der Waals surface area contributed by atoms with E-state index in [1.165, 1.54) is 0 Å². The fourth-order valence-corrected chi connectivity index (χ4v) is 5.25. The lowest BCUT2D eigenvalue weighted by Crippen LogP contribution is -2.64. The van der Waals surface area contributed by atoms with Crippen LogP contribution in [0, 0.1) is 0 Å². The van der Waals surface area contributed by atoms with Crippen molar-refractivity contribution in [2.75, 3.05) is 20.8 Å². The molecule has 3 heterocycles. The number of hydrogen-bond donors (Lipinski definition) is 1. The standard InChI is InChI=1S/C26H29N3O4/c1-5-15(2)28-14-23(30)29-21(26(28)31)13-19-17-8-6-7-9-20(17)27-24(19)25(29)18-11-10-16(32-3)12-22(18)33-4/h6-12,15,21,25,27H,5,13-14H2,1-4H3/t15-,21-,25-/m0/s1. The van der Waals surface area contributed by atoms with E-state index in [-0.39, 0.29) is 24.4 Å². The van der Waals surface area contributed by atoms with Gasteiger partial charge in [-0.15, -0.1) is 0 Å². The molecule has 1 fully saturated rings. The van der Waals surface area contributed by atoms with E-state index >= 15 is 0 Å². The first kappa shape index (κ1) is 21.4. The molecule has 7 heteroatoms. The molecular formula is C26H29N3O4. The molecule has 0 unspecified atom stereocenters. The van der Waals surface area contributed by atoms with Crippen molar-refractivity contribution in [3.8, 4) is 11.5 Å². The van der Waals surface area contributed by atoms with Crippen LogP contribution in [0.15, 0.2) is 42.5 Å². The van der Waals surface area contributed by atoms with Crippen LogP contribution in [0.1, 0.15) is 43.1 Å². The molecule has 0 spiro atoms. The summed E-state index contributed by atoms with van der Waals surface area (Å²) in [6.45, 7) is 4.14. The van der Waals surface area contributed by atoms with Crippen molar-refractivity contribution in [1.29, 1.82) is 0 Å².